The summed E-state index contributed by atoms with van der Waals surface area (Å²) in [6, 6.07) is 8.52. The first-order valence-corrected chi connectivity index (χ1v) is 9.43. The highest BCUT2D eigenvalue weighted by Gasteiger charge is 2.24. The Hall–Kier alpha value is -1.60. The molecule has 0 saturated carbocycles. The van der Waals surface area contributed by atoms with E-state index >= 15 is 0 Å². The fourth-order valence-electron chi connectivity index (χ4n) is 2.76. The summed E-state index contributed by atoms with van der Waals surface area (Å²) in [5.41, 5.74) is 2.62. The normalized spacial score (nSPS) is 18.1. The first-order chi connectivity index (χ1) is 11.2. The molecule has 0 saturated heterocycles. The van der Waals surface area contributed by atoms with Crippen LogP contribution < -0.4 is 10.6 Å². The minimum atomic E-state index is -0.193. The quantitative estimate of drug-likeness (QED) is 0.812. The molecule has 0 unspecified atom stereocenters. The van der Waals surface area contributed by atoms with Gasteiger partial charge in [-0.15, -0.1) is 10.2 Å². The number of benzene rings is 1. The van der Waals surface area contributed by atoms with E-state index in [1.54, 1.807) is 0 Å². The fraction of sp³-hybridized carbons (Fsp3) is 0.438. The predicted octanol–water partition coefficient (Wildman–Crippen LogP) is 3.25. The van der Waals surface area contributed by atoms with Crippen molar-refractivity contribution in [2.45, 2.75) is 41.8 Å². The Morgan fingerprint density at radius 1 is 1.39 bits per heavy atom. The number of thioether (sulfide) groups is 1. The lowest BCUT2D eigenvalue weighted by atomic mass is 9.88. The molecule has 1 aromatic carbocycles. The summed E-state index contributed by atoms with van der Waals surface area (Å²) in [6.07, 6.45) is 3.22. The van der Waals surface area contributed by atoms with Crippen molar-refractivity contribution in [2.24, 2.45) is 0 Å². The number of nitrogens with zero attached hydrogens (tertiary/aromatic N) is 2. The van der Waals surface area contributed by atoms with Crippen LogP contribution in [0.2, 0.25) is 0 Å². The number of rotatable bonds is 5. The summed E-state index contributed by atoms with van der Waals surface area (Å²) in [4.78, 5) is 12.5. The Morgan fingerprint density at radius 3 is 3.00 bits per heavy atom. The molecule has 5 nitrogen and oxygen atoms in total. The summed E-state index contributed by atoms with van der Waals surface area (Å²) in [5, 5.41) is 14.8. The molecule has 2 aromatic rings. The number of amides is 1. The van der Waals surface area contributed by atoms with Crippen LogP contribution in [0.25, 0.3) is 0 Å². The van der Waals surface area contributed by atoms with E-state index < -0.39 is 0 Å². The van der Waals surface area contributed by atoms with E-state index in [-0.39, 0.29) is 17.2 Å². The van der Waals surface area contributed by atoms with Crippen LogP contribution in [0, 0.1) is 0 Å². The molecular formula is C16H20N4OS2. The van der Waals surface area contributed by atoms with E-state index in [2.05, 4.69) is 39.0 Å². The van der Waals surface area contributed by atoms with Gasteiger partial charge in [-0.05, 0) is 37.3 Å². The molecule has 1 aliphatic rings. The lowest BCUT2D eigenvalue weighted by Crippen LogP contribution is -2.35. The first-order valence-electron chi connectivity index (χ1n) is 7.73. The molecule has 23 heavy (non-hydrogen) atoms. The van der Waals surface area contributed by atoms with Crippen LogP contribution in [0.3, 0.4) is 0 Å². The zero-order chi connectivity index (χ0) is 16.2. The van der Waals surface area contributed by atoms with E-state index in [0.717, 1.165) is 28.7 Å². The third-order valence-electron chi connectivity index (χ3n) is 3.95. The van der Waals surface area contributed by atoms with Crippen LogP contribution in [0.5, 0.6) is 0 Å². The lowest BCUT2D eigenvalue weighted by molar-refractivity contribution is -0.121. The highest BCUT2D eigenvalue weighted by molar-refractivity contribution is 8.02. The molecule has 1 heterocycles. The molecule has 0 radical (unpaired) electrons. The van der Waals surface area contributed by atoms with Crippen LogP contribution in [0.4, 0.5) is 5.13 Å². The van der Waals surface area contributed by atoms with Gasteiger partial charge in [0.05, 0.1) is 11.3 Å². The average Bonchev–Trinajstić information content (AvgIpc) is 3.02. The Bertz CT molecular complexity index is 688. The largest absolute Gasteiger partial charge is 0.363 e. The smallest absolute Gasteiger partial charge is 0.233 e. The minimum Gasteiger partial charge on any atom is -0.363 e. The molecular weight excluding hydrogens is 328 g/mol. The second kappa shape index (κ2) is 7.31. The Morgan fingerprint density at radius 2 is 2.22 bits per heavy atom. The van der Waals surface area contributed by atoms with Crippen molar-refractivity contribution >= 4 is 34.1 Å². The van der Waals surface area contributed by atoms with Crippen molar-refractivity contribution in [2.75, 3.05) is 12.4 Å². The molecule has 3 rings (SSSR count). The molecule has 0 spiro atoms. The molecule has 0 aliphatic heterocycles. The zero-order valence-corrected chi connectivity index (χ0v) is 14.8. The van der Waals surface area contributed by atoms with Gasteiger partial charge in [-0.1, -0.05) is 47.4 Å². The minimum absolute atomic E-state index is 0.0536. The molecule has 2 N–H and O–H groups in total. The SMILES string of the molecule is CNc1nnc(S[C@H](C)C(=O)N[C@@H]2CCCc3ccccc32)s1. The van der Waals surface area contributed by atoms with Gasteiger partial charge in [0.25, 0.3) is 0 Å². The van der Waals surface area contributed by atoms with E-state index in [1.165, 1.54) is 34.2 Å². The summed E-state index contributed by atoms with van der Waals surface area (Å²) in [7, 11) is 1.81. The second-order valence-corrected chi connectivity index (χ2v) is 8.10. The highest BCUT2D eigenvalue weighted by Crippen LogP contribution is 2.32. The monoisotopic (exact) mass is 348 g/mol. The molecule has 122 valence electrons. The Labute approximate surface area is 144 Å². The number of aromatic nitrogens is 2. The van der Waals surface area contributed by atoms with E-state index in [0.29, 0.717) is 0 Å². The van der Waals surface area contributed by atoms with Gasteiger partial charge in [0.15, 0.2) is 4.34 Å². The molecule has 1 amide bonds. The van der Waals surface area contributed by atoms with Crippen molar-refractivity contribution < 1.29 is 4.79 Å². The molecule has 1 aliphatic carbocycles. The molecule has 7 heteroatoms. The van der Waals surface area contributed by atoms with Gasteiger partial charge in [-0.25, -0.2) is 0 Å². The molecule has 2 atom stereocenters. The maximum atomic E-state index is 12.5. The van der Waals surface area contributed by atoms with Crippen LogP contribution in [0.1, 0.15) is 36.9 Å². The lowest BCUT2D eigenvalue weighted by Gasteiger charge is -2.27. The maximum absolute atomic E-state index is 12.5. The van der Waals surface area contributed by atoms with Gasteiger partial charge >= 0.3 is 0 Å². The number of carbonyl (C=O) groups is 1. The first kappa shape index (κ1) is 16.3. The maximum Gasteiger partial charge on any atom is 0.233 e. The standard InChI is InChI=1S/C16H20N4OS2/c1-10(22-16-20-19-15(17-2)23-16)14(21)18-13-9-5-7-11-6-3-4-8-12(11)13/h3-4,6,8,10,13H,5,7,9H2,1-2H3,(H,17,19)(H,18,21)/t10-,13-/m1/s1. The summed E-state index contributed by atoms with van der Waals surface area (Å²) >= 11 is 2.91. The molecule has 0 fully saturated rings. The van der Waals surface area contributed by atoms with Crippen LogP contribution >= 0.6 is 23.1 Å². The Balaban J connectivity index is 1.63. The van der Waals surface area contributed by atoms with Gasteiger partial charge in [-0.3, -0.25) is 4.79 Å². The third kappa shape index (κ3) is 3.84. The van der Waals surface area contributed by atoms with Gasteiger partial charge in [-0.2, -0.15) is 0 Å². The number of aryl methyl sites for hydroxylation is 1. The number of carbonyl (C=O) groups excluding carboxylic acids is 1. The highest BCUT2D eigenvalue weighted by atomic mass is 32.2. The van der Waals surface area contributed by atoms with E-state index in [1.807, 2.05) is 20.0 Å². The van der Waals surface area contributed by atoms with Crippen LogP contribution in [0.15, 0.2) is 28.6 Å². The number of hydrogen-bond donors (Lipinski definition) is 2. The average molecular weight is 348 g/mol. The predicted molar refractivity (Wildman–Crippen MR) is 95.0 cm³/mol. The van der Waals surface area contributed by atoms with Gasteiger partial charge in [0.1, 0.15) is 0 Å². The number of hydrogen-bond acceptors (Lipinski definition) is 6. The summed E-state index contributed by atoms with van der Waals surface area (Å²) < 4.78 is 0.807. The van der Waals surface area contributed by atoms with Crippen molar-refractivity contribution in [3.8, 4) is 0 Å². The number of nitrogens with one attached hydrogen (secondary N) is 2. The zero-order valence-electron chi connectivity index (χ0n) is 13.2. The van der Waals surface area contributed by atoms with Crippen LogP contribution in [-0.4, -0.2) is 28.4 Å². The molecule has 0 bridgehead atoms. The van der Waals surface area contributed by atoms with Gasteiger partial charge in [0, 0.05) is 7.05 Å². The van der Waals surface area contributed by atoms with E-state index in [9.17, 15) is 4.79 Å². The topological polar surface area (TPSA) is 66.9 Å². The number of anilines is 1. The van der Waals surface area contributed by atoms with Crippen molar-refractivity contribution in [3.05, 3.63) is 35.4 Å². The molecule has 1 aromatic heterocycles. The van der Waals surface area contributed by atoms with Crippen molar-refractivity contribution in [3.63, 3.8) is 0 Å². The number of fused-ring (bicyclic) bond motifs is 1. The van der Waals surface area contributed by atoms with Gasteiger partial charge < -0.3 is 10.6 Å². The Kier molecular flexibility index (Phi) is 5.17. The summed E-state index contributed by atoms with van der Waals surface area (Å²) in [6.45, 7) is 1.91. The third-order valence-corrected chi connectivity index (χ3v) is 6.08. The van der Waals surface area contributed by atoms with Crippen LogP contribution in [-0.2, 0) is 11.2 Å². The van der Waals surface area contributed by atoms with Gasteiger partial charge in [0.2, 0.25) is 11.0 Å². The van der Waals surface area contributed by atoms with Crippen molar-refractivity contribution in [1.29, 1.82) is 0 Å². The summed E-state index contributed by atoms with van der Waals surface area (Å²) in [5.74, 6) is 0.0536. The van der Waals surface area contributed by atoms with Crippen molar-refractivity contribution in [1.82, 2.24) is 15.5 Å². The fourth-order valence-corrected chi connectivity index (χ4v) is 4.61. The van der Waals surface area contributed by atoms with E-state index in [4.69, 9.17) is 0 Å². The second-order valence-electron chi connectivity index (χ2n) is 5.54.